The van der Waals surface area contributed by atoms with Crippen LogP contribution >= 0.6 is 0 Å². The molecule has 1 fully saturated rings. The van der Waals surface area contributed by atoms with Crippen LogP contribution in [0.5, 0.6) is 5.75 Å². The highest BCUT2D eigenvalue weighted by Gasteiger charge is 2.19. The van der Waals surface area contributed by atoms with E-state index in [-0.39, 0.29) is 0 Å². The van der Waals surface area contributed by atoms with E-state index in [0.717, 1.165) is 24.2 Å². The van der Waals surface area contributed by atoms with Gasteiger partial charge in [-0.2, -0.15) is 0 Å². The molecular formula is C18H28O. The van der Waals surface area contributed by atoms with Gasteiger partial charge in [0.05, 0.1) is 6.61 Å². The lowest BCUT2D eigenvalue weighted by Gasteiger charge is -2.27. The Labute approximate surface area is 118 Å². The summed E-state index contributed by atoms with van der Waals surface area (Å²) < 4.78 is 5.73. The van der Waals surface area contributed by atoms with Crippen molar-refractivity contribution >= 4 is 0 Å². The first kappa shape index (κ1) is 14.4. The quantitative estimate of drug-likeness (QED) is 0.592. The Bertz CT molecular complexity index is 325. The van der Waals surface area contributed by atoms with Crippen molar-refractivity contribution in [1.29, 1.82) is 0 Å². The molecule has 1 aliphatic carbocycles. The largest absolute Gasteiger partial charge is 0.494 e. The van der Waals surface area contributed by atoms with Crippen molar-refractivity contribution in [1.82, 2.24) is 0 Å². The van der Waals surface area contributed by atoms with Crippen molar-refractivity contribution in [2.24, 2.45) is 11.8 Å². The summed E-state index contributed by atoms with van der Waals surface area (Å²) in [7, 11) is 0. The molecule has 0 bridgehead atoms. The normalized spacial score (nSPS) is 23.2. The minimum absolute atomic E-state index is 0.869. The van der Waals surface area contributed by atoms with E-state index >= 15 is 0 Å². The molecule has 0 aromatic heterocycles. The van der Waals surface area contributed by atoms with Crippen LogP contribution < -0.4 is 4.74 Å². The van der Waals surface area contributed by atoms with E-state index in [0.29, 0.717) is 0 Å². The number of hydrogen-bond acceptors (Lipinski definition) is 1. The third-order valence-electron chi connectivity index (χ3n) is 4.56. The Hall–Kier alpha value is -0.980. The smallest absolute Gasteiger partial charge is 0.119 e. The maximum absolute atomic E-state index is 5.73. The molecule has 0 spiro atoms. The van der Waals surface area contributed by atoms with Gasteiger partial charge in [0.15, 0.2) is 0 Å². The van der Waals surface area contributed by atoms with Gasteiger partial charge in [0.2, 0.25) is 0 Å². The monoisotopic (exact) mass is 260 g/mol. The molecule has 1 heteroatoms. The Kier molecular flexibility index (Phi) is 6.26. The fraction of sp³-hybridized carbons (Fsp3) is 0.667. The highest BCUT2D eigenvalue weighted by molar-refractivity contribution is 5.20. The summed E-state index contributed by atoms with van der Waals surface area (Å²) >= 11 is 0. The first-order valence-electron chi connectivity index (χ1n) is 8.06. The van der Waals surface area contributed by atoms with Gasteiger partial charge in [-0.3, -0.25) is 0 Å². The van der Waals surface area contributed by atoms with Crippen molar-refractivity contribution in [3.05, 3.63) is 30.3 Å². The van der Waals surface area contributed by atoms with Crippen molar-refractivity contribution < 1.29 is 4.74 Å². The van der Waals surface area contributed by atoms with Crippen molar-refractivity contribution in [3.8, 4) is 5.75 Å². The summed E-state index contributed by atoms with van der Waals surface area (Å²) in [6.07, 6.45) is 11.2. The summed E-state index contributed by atoms with van der Waals surface area (Å²) in [6.45, 7) is 3.21. The van der Waals surface area contributed by atoms with Crippen molar-refractivity contribution in [3.63, 3.8) is 0 Å². The van der Waals surface area contributed by atoms with Gasteiger partial charge in [-0.15, -0.1) is 0 Å². The van der Waals surface area contributed by atoms with Gasteiger partial charge in [0, 0.05) is 0 Å². The molecule has 19 heavy (non-hydrogen) atoms. The lowest BCUT2D eigenvalue weighted by atomic mass is 9.79. The van der Waals surface area contributed by atoms with Gasteiger partial charge in [0.1, 0.15) is 5.75 Å². The fourth-order valence-electron chi connectivity index (χ4n) is 3.17. The van der Waals surface area contributed by atoms with Crippen LogP contribution in [-0.4, -0.2) is 6.61 Å². The van der Waals surface area contributed by atoms with Crippen LogP contribution in [0.4, 0.5) is 0 Å². The second kappa shape index (κ2) is 8.24. The van der Waals surface area contributed by atoms with E-state index in [4.69, 9.17) is 4.74 Å². The maximum Gasteiger partial charge on any atom is 0.119 e. The Morgan fingerprint density at radius 2 is 1.63 bits per heavy atom. The first-order chi connectivity index (χ1) is 9.38. The van der Waals surface area contributed by atoms with Crippen molar-refractivity contribution in [2.45, 2.75) is 58.3 Å². The molecule has 0 atom stereocenters. The molecule has 0 unspecified atom stereocenters. The maximum atomic E-state index is 5.73. The van der Waals surface area contributed by atoms with Crippen LogP contribution in [0, 0.1) is 11.8 Å². The summed E-state index contributed by atoms with van der Waals surface area (Å²) in [5.41, 5.74) is 0. The highest BCUT2D eigenvalue weighted by atomic mass is 16.5. The summed E-state index contributed by atoms with van der Waals surface area (Å²) in [5, 5.41) is 0. The lowest BCUT2D eigenvalue weighted by Crippen LogP contribution is -2.14. The van der Waals surface area contributed by atoms with Crippen LogP contribution in [0.3, 0.4) is 0 Å². The second-order valence-electron chi connectivity index (χ2n) is 5.95. The lowest BCUT2D eigenvalue weighted by molar-refractivity contribution is 0.244. The molecule has 1 aromatic carbocycles. The van der Waals surface area contributed by atoms with E-state index in [9.17, 15) is 0 Å². The van der Waals surface area contributed by atoms with E-state index < -0.39 is 0 Å². The minimum Gasteiger partial charge on any atom is -0.494 e. The number of benzene rings is 1. The first-order valence-corrected chi connectivity index (χ1v) is 8.06. The van der Waals surface area contributed by atoms with Crippen LogP contribution in [0.15, 0.2) is 30.3 Å². The van der Waals surface area contributed by atoms with Crippen molar-refractivity contribution in [2.75, 3.05) is 6.61 Å². The van der Waals surface area contributed by atoms with Gasteiger partial charge >= 0.3 is 0 Å². The zero-order chi connectivity index (χ0) is 13.3. The van der Waals surface area contributed by atoms with E-state index in [1.165, 1.54) is 51.4 Å². The Morgan fingerprint density at radius 3 is 2.32 bits per heavy atom. The number of ether oxygens (including phenoxy) is 1. The van der Waals surface area contributed by atoms with Gasteiger partial charge in [0.25, 0.3) is 0 Å². The van der Waals surface area contributed by atoms with Gasteiger partial charge < -0.3 is 4.74 Å². The molecule has 2 rings (SSSR count). The zero-order valence-electron chi connectivity index (χ0n) is 12.3. The minimum atomic E-state index is 0.869. The summed E-state index contributed by atoms with van der Waals surface area (Å²) in [4.78, 5) is 0. The Balaban J connectivity index is 1.51. The van der Waals surface area contributed by atoms with Crippen LogP contribution in [0.1, 0.15) is 58.3 Å². The topological polar surface area (TPSA) is 9.23 Å². The Morgan fingerprint density at radius 1 is 0.947 bits per heavy atom. The van der Waals surface area contributed by atoms with E-state index in [1.807, 2.05) is 30.3 Å². The van der Waals surface area contributed by atoms with Crippen LogP contribution in [0.2, 0.25) is 0 Å². The zero-order valence-corrected chi connectivity index (χ0v) is 12.3. The molecule has 0 aliphatic heterocycles. The average molecular weight is 260 g/mol. The molecule has 0 saturated heterocycles. The molecule has 0 radical (unpaired) electrons. The van der Waals surface area contributed by atoms with Crippen LogP contribution in [-0.2, 0) is 0 Å². The van der Waals surface area contributed by atoms with E-state index in [2.05, 4.69) is 6.92 Å². The highest BCUT2D eigenvalue weighted by Crippen LogP contribution is 2.33. The third-order valence-corrected chi connectivity index (χ3v) is 4.56. The van der Waals surface area contributed by atoms with Gasteiger partial charge in [-0.05, 0) is 36.8 Å². The van der Waals surface area contributed by atoms with Gasteiger partial charge in [-0.25, -0.2) is 0 Å². The van der Waals surface area contributed by atoms with Crippen LogP contribution in [0.25, 0.3) is 0 Å². The molecule has 1 aromatic rings. The molecule has 0 amide bonds. The summed E-state index contributed by atoms with van der Waals surface area (Å²) in [6, 6.07) is 10.2. The molecule has 1 saturated carbocycles. The number of para-hydroxylation sites is 1. The molecule has 106 valence electrons. The SMILES string of the molecule is CCC1CCC(CCCCOc2ccccc2)CC1. The third kappa shape index (κ3) is 5.26. The van der Waals surface area contributed by atoms with E-state index in [1.54, 1.807) is 0 Å². The molecule has 1 aliphatic rings. The molecule has 0 heterocycles. The standard InChI is InChI=1S/C18H28O/c1-2-16-11-13-17(14-12-16)8-6-7-15-19-18-9-4-3-5-10-18/h3-5,9-10,16-17H,2,6-8,11-15H2,1H3. The average Bonchev–Trinajstić information content (AvgIpc) is 2.49. The predicted molar refractivity (Wildman–Crippen MR) is 81.5 cm³/mol. The molecule has 1 nitrogen and oxygen atoms in total. The molecule has 0 N–H and O–H groups in total. The fourth-order valence-corrected chi connectivity index (χ4v) is 3.17. The predicted octanol–water partition coefficient (Wildman–Crippen LogP) is 5.45. The number of unbranched alkanes of at least 4 members (excludes halogenated alkanes) is 1. The number of hydrogen-bond donors (Lipinski definition) is 0. The van der Waals surface area contributed by atoms with Gasteiger partial charge in [-0.1, -0.05) is 63.6 Å². The second-order valence-corrected chi connectivity index (χ2v) is 5.95. The number of rotatable bonds is 7. The summed E-state index contributed by atoms with van der Waals surface area (Å²) in [5.74, 6) is 3.03. The molecular weight excluding hydrogens is 232 g/mol.